The van der Waals surface area contributed by atoms with Gasteiger partial charge in [-0.15, -0.1) is 0 Å². The summed E-state index contributed by atoms with van der Waals surface area (Å²) in [6, 6.07) is 0.366. The molecule has 0 aliphatic carbocycles. The van der Waals surface area contributed by atoms with Gasteiger partial charge in [0, 0.05) is 25.5 Å². The second kappa shape index (κ2) is 3.82. The van der Waals surface area contributed by atoms with Crippen LogP contribution in [0.15, 0.2) is 12.4 Å². The van der Waals surface area contributed by atoms with Gasteiger partial charge in [-0.05, 0) is 7.05 Å². The molecule has 80 valence electrons. The van der Waals surface area contributed by atoms with Crippen molar-refractivity contribution < 1.29 is 9.90 Å². The molecule has 2 N–H and O–H groups in total. The lowest BCUT2D eigenvalue weighted by Gasteiger charge is -2.36. The molecule has 6 heteroatoms. The van der Waals surface area contributed by atoms with Gasteiger partial charge in [0.15, 0.2) is 0 Å². The number of carboxylic acids is 1. The van der Waals surface area contributed by atoms with Crippen LogP contribution in [0, 0.1) is 0 Å². The van der Waals surface area contributed by atoms with Crippen LogP contribution in [0.25, 0.3) is 0 Å². The minimum absolute atomic E-state index is 0.103. The molecule has 2 heterocycles. The largest absolute Gasteiger partial charge is 0.478 e. The molecule has 0 amide bonds. The highest BCUT2D eigenvalue weighted by atomic mass is 16.4. The van der Waals surface area contributed by atoms with Crippen LogP contribution in [-0.4, -0.2) is 52.1 Å². The highest BCUT2D eigenvalue weighted by Gasteiger charge is 2.23. The number of nitrogens with one attached hydrogen (secondary N) is 1. The molecule has 0 spiro atoms. The summed E-state index contributed by atoms with van der Waals surface area (Å²) >= 11 is 0. The standard InChI is InChI=1S/C9H12N4O2/c1-13-4-7(5-13)12-9-10-2-6(3-11-9)8(14)15/h2-3,7H,4-5H2,1H3,(H,14,15)(H,10,11,12). The zero-order chi connectivity index (χ0) is 10.8. The van der Waals surface area contributed by atoms with Crippen LogP contribution in [0.4, 0.5) is 5.95 Å². The number of anilines is 1. The molecule has 1 fully saturated rings. The van der Waals surface area contributed by atoms with E-state index in [4.69, 9.17) is 5.11 Å². The van der Waals surface area contributed by atoms with Gasteiger partial charge < -0.3 is 15.3 Å². The highest BCUT2D eigenvalue weighted by Crippen LogP contribution is 2.09. The Bertz CT molecular complexity index is 359. The molecule has 0 saturated carbocycles. The quantitative estimate of drug-likeness (QED) is 0.722. The maximum absolute atomic E-state index is 10.5. The predicted molar refractivity (Wildman–Crippen MR) is 53.9 cm³/mol. The van der Waals surface area contributed by atoms with Crippen molar-refractivity contribution in [3.63, 3.8) is 0 Å². The summed E-state index contributed by atoms with van der Waals surface area (Å²) < 4.78 is 0. The van der Waals surface area contributed by atoms with Crippen molar-refractivity contribution in [2.75, 3.05) is 25.5 Å². The van der Waals surface area contributed by atoms with E-state index >= 15 is 0 Å². The molecule has 1 aliphatic heterocycles. The van der Waals surface area contributed by atoms with Gasteiger partial charge in [-0.3, -0.25) is 0 Å². The Morgan fingerprint density at radius 2 is 2.13 bits per heavy atom. The van der Waals surface area contributed by atoms with Gasteiger partial charge in [-0.25, -0.2) is 14.8 Å². The zero-order valence-corrected chi connectivity index (χ0v) is 8.34. The first-order valence-electron chi connectivity index (χ1n) is 4.65. The molecule has 0 bridgehead atoms. The SMILES string of the molecule is CN1CC(Nc2ncc(C(=O)O)cn2)C1. The van der Waals surface area contributed by atoms with Gasteiger partial charge in [0.2, 0.25) is 5.95 Å². The number of rotatable bonds is 3. The fourth-order valence-corrected chi connectivity index (χ4v) is 1.49. The van der Waals surface area contributed by atoms with Crippen molar-refractivity contribution in [1.29, 1.82) is 0 Å². The minimum Gasteiger partial charge on any atom is -0.478 e. The van der Waals surface area contributed by atoms with Gasteiger partial charge in [0.25, 0.3) is 0 Å². The molecule has 0 atom stereocenters. The molecular formula is C9H12N4O2. The predicted octanol–water partition coefficient (Wildman–Crippen LogP) is -0.0993. The number of nitrogens with zero attached hydrogens (tertiary/aromatic N) is 3. The van der Waals surface area contributed by atoms with E-state index in [2.05, 4.69) is 20.2 Å². The molecule has 15 heavy (non-hydrogen) atoms. The monoisotopic (exact) mass is 208 g/mol. The van der Waals surface area contributed by atoms with E-state index in [1.807, 2.05) is 7.05 Å². The third kappa shape index (κ3) is 2.21. The summed E-state index contributed by atoms with van der Waals surface area (Å²) in [5.41, 5.74) is 0.103. The molecule has 0 unspecified atom stereocenters. The van der Waals surface area contributed by atoms with Gasteiger partial charge in [-0.2, -0.15) is 0 Å². The highest BCUT2D eigenvalue weighted by molar-refractivity contribution is 5.86. The third-order valence-corrected chi connectivity index (χ3v) is 2.30. The molecule has 0 radical (unpaired) electrons. The first-order valence-corrected chi connectivity index (χ1v) is 4.65. The van der Waals surface area contributed by atoms with E-state index in [1.165, 1.54) is 12.4 Å². The lowest BCUT2D eigenvalue weighted by molar-refractivity contribution is 0.0696. The first kappa shape index (κ1) is 9.85. The summed E-state index contributed by atoms with van der Waals surface area (Å²) in [5, 5.41) is 11.8. The number of carbonyl (C=O) groups is 1. The first-order chi connectivity index (χ1) is 7.15. The number of aromatic carboxylic acids is 1. The number of carboxylic acid groups (broad SMARTS) is 1. The van der Waals surface area contributed by atoms with Gasteiger partial charge in [0.05, 0.1) is 11.6 Å². The summed E-state index contributed by atoms with van der Waals surface area (Å²) in [6.45, 7) is 1.92. The molecule has 2 rings (SSSR count). The lowest BCUT2D eigenvalue weighted by atomic mass is 10.1. The molecule has 1 aromatic heterocycles. The van der Waals surface area contributed by atoms with Crippen molar-refractivity contribution in [2.45, 2.75) is 6.04 Å². The van der Waals surface area contributed by atoms with Crippen LogP contribution in [-0.2, 0) is 0 Å². The number of likely N-dealkylation sites (tertiary alicyclic amines) is 1. The summed E-state index contributed by atoms with van der Waals surface area (Å²) in [5.74, 6) is -0.525. The van der Waals surface area contributed by atoms with Gasteiger partial charge in [-0.1, -0.05) is 0 Å². The lowest BCUT2D eigenvalue weighted by Crippen LogP contribution is -2.52. The Morgan fingerprint density at radius 1 is 1.53 bits per heavy atom. The molecule has 1 aromatic rings. The Hall–Kier alpha value is -1.69. The number of hydrogen-bond donors (Lipinski definition) is 2. The Labute approximate surface area is 87.0 Å². The average Bonchev–Trinajstić information content (AvgIpc) is 2.16. The van der Waals surface area contributed by atoms with Crippen LogP contribution in [0.2, 0.25) is 0 Å². The van der Waals surface area contributed by atoms with E-state index in [1.54, 1.807) is 0 Å². The van der Waals surface area contributed by atoms with Crippen LogP contribution in [0.1, 0.15) is 10.4 Å². The van der Waals surface area contributed by atoms with Crippen molar-refractivity contribution in [3.05, 3.63) is 18.0 Å². The molecular weight excluding hydrogens is 196 g/mol. The number of hydrogen-bond acceptors (Lipinski definition) is 5. The second-order valence-electron chi connectivity index (χ2n) is 3.66. The van der Waals surface area contributed by atoms with Crippen LogP contribution in [0.3, 0.4) is 0 Å². The zero-order valence-electron chi connectivity index (χ0n) is 8.34. The number of aromatic nitrogens is 2. The average molecular weight is 208 g/mol. The minimum atomic E-state index is -1.01. The van der Waals surface area contributed by atoms with Crippen molar-refractivity contribution in [2.24, 2.45) is 0 Å². The van der Waals surface area contributed by atoms with Gasteiger partial charge >= 0.3 is 5.97 Å². The summed E-state index contributed by atoms with van der Waals surface area (Å²) in [4.78, 5) is 20.6. The summed E-state index contributed by atoms with van der Waals surface area (Å²) in [7, 11) is 2.03. The normalized spacial score (nSPS) is 17.1. The maximum Gasteiger partial charge on any atom is 0.338 e. The van der Waals surface area contributed by atoms with Crippen LogP contribution in [0.5, 0.6) is 0 Å². The molecule has 6 nitrogen and oxygen atoms in total. The van der Waals surface area contributed by atoms with E-state index in [0.717, 1.165) is 13.1 Å². The van der Waals surface area contributed by atoms with Crippen molar-refractivity contribution in [3.8, 4) is 0 Å². The van der Waals surface area contributed by atoms with E-state index in [9.17, 15) is 4.79 Å². The Balaban J connectivity index is 1.95. The van der Waals surface area contributed by atoms with E-state index in [-0.39, 0.29) is 5.56 Å². The van der Waals surface area contributed by atoms with E-state index in [0.29, 0.717) is 12.0 Å². The van der Waals surface area contributed by atoms with E-state index < -0.39 is 5.97 Å². The fourth-order valence-electron chi connectivity index (χ4n) is 1.49. The Morgan fingerprint density at radius 3 is 2.60 bits per heavy atom. The maximum atomic E-state index is 10.5. The summed E-state index contributed by atoms with van der Waals surface area (Å²) in [6.07, 6.45) is 2.61. The second-order valence-corrected chi connectivity index (χ2v) is 3.66. The fraction of sp³-hybridized carbons (Fsp3) is 0.444. The topological polar surface area (TPSA) is 78.4 Å². The van der Waals surface area contributed by atoms with Crippen LogP contribution >= 0.6 is 0 Å². The van der Waals surface area contributed by atoms with Crippen LogP contribution < -0.4 is 5.32 Å². The number of likely N-dealkylation sites (N-methyl/N-ethyl adjacent to an activating group) is 1. The smallest absolute Gasteiger partial charge is 0.338 e. The van der Waals surface area contributed by atoms with Crippen molar-refractivity contribution in [1.82, 2.24) is 14.9 Å². The third-order valence-electron chi connectivity index (χ3n) is 2.30. The molecule has 0 aromatic carbocycles. The molecule has 1 saturated heterocycles. The van der Waals surface area contributed by atoms with Gasteiger partial charge in [0.1, 0.15) is 0 Å². The molecule has 1 aliphatic rings. The van der Waals surface area contributed by atoms with Crippen molar-refractivity contribution >= 4 is 11.9 Å². The Kier molecular flexibility index (Phi) is 2.51.